The maximum Gasteiger partial charge on any atom is 0.251 e. The highest BCUT2D eigenvalue weighted by molar-refractivity contribution is 5.94. The van der Waals surface area contributed by atoms with Gasteiger partial charge in [-0.1, -0.05) is 32.0 Å². The molecule has 1 N–H and O–H groups in total. The molecular weight excluding hydrogens is 306 g/mol. The number of hydrogen-bond donors (Lipinski definition) is 1. The van der Waals surface area contributed by atoms with E-state index < -0.39 is 0 Å². The van der Waals surface area contributed by atoms with Crippen LogP contribution in [0.3, 0.4) is 0 Å². The first kappa shape index (κ1) is 16.2. The highest BCUT2D eigenvalue weighted by Crippen LogP contribution is 2.32. The lowest BCUT2D eigenvalue weighted by Gasteiger charge is -2.14. The Hall–Kier alpha value is -2.69. The number of rotatable bonds is 6. The van der Waals surface area contributed by atoms with Crippen LogP contribution in [-0.4, -0.2) is 25.9 Å². The lowest BCUT2D eigenvalue weighted by atomic mass is 10.0. The standard InChI is InChI=1S/C19H21NO4/c1-13(2)15-5-3-4-6-16(15)22-10-9-20-19(21)14-7-8-17-18(11-14)24-12-23-17/h3-8,11,13H,9-10,12H2,1-2H3,(H,20,21). The van der Waals surface area contributed by atoms with Crippen LogP contribution in [0.4, 0.5) is 0 Å². The van der Waals surface area contributed by atoms with E-state index in [0.717, 1.165) is 5.75 Å². The van der Waals surface area contributed by atoms with Gasteiger partial charge in [-0.2, -0.15) is 0 Å². The Morgan fingerprint density at radius 2 is 1.96 bits per heavy atom. The molecule has 2 aromatic carbocycles. The predicted molar refractivity (Wildman–Crippen MR) is 90.9 cm³/mol. The zero-order valence-corrected chi connectivity index (χ0v) is 13.9. The van der Waals surface area contributed by atoms with Crippen LogP contribution in [0, 0.1) is 0 Å². The maximum atomic E-state index is 12.2. The van der Waals surface area contributed by atoms with Gasteiger partial charge in [-0.05, 0) is 35.7 Å². The summed E-state index contributed by atoms with van der Waals surface area (Å²) in [4.78, 5) is 12.2. The van der Waals surface area contributed by atoms with Crippen molar-refractivity contribution in [1.82, 2.24) is 5.32 Å². The first-order valence-corrected chi connectivity index (χ1v) is 8.04. The summed E-state index contributed by atoms with van der Waals surface area (Å²) in [6.45, 7) is 5.30. The van der Waals surface area contributed by atoms with Crippen LogP contribution in [0.1, 0.15) is 35.7 Å². The molecule has 126 valence electrons. The van der Waals surface area contributed by atoms with E-state index in [2.05, 4.69) is 25.2 Å². The molecule has 1 heterocycles. The second-order valence-electron chi connectivity index (χ2n) is 5.86. The van der Waals surface area contributed by atoms with Crippen molar-refractivity contribution < 1.29 is 19.0 Å². The monoisotopic (exact) mass is 327 g/mol. The summed E-state index contributed by atoms with van der Waals surface area (Å²) >= 11 is 0. The topological polar surface area (TPSA) is 56.8 Å². The van der Waals surface area contributed by atoms with Gasteiger partial charge < -0.3 is 19.5 Å². The molecule has 0 saturated carbocycles. The fourth-order valence-corrected chi connectivity index (χ4v) is 2.55. The Bertz CT molecular complexity index is 727. The fourth-order valence-electron chi connectivity index (χ4n) is 2.55. The van der Waals surface area contributed by atoms with Gasteiger partial charge in [0.05, 0.1) is 6.54 Å². The molecule has 0 saturated heterocycles. The van der Waals surface area contributed by atoms with Gasteiger partial charge in [0.1, 0.15) is 12.4 Å². The Kier molecular flexibility index (Phi) is 4.89. The SMILES string of the molecule is CC(C)c1ccccc1OCCNC(=O)c1ccc2c(c1)OCO2. The molecule has 1 amide bonds. The summed E-state index contributed by atoms with van der Waals surface area (Å²) in [6, 6.07) is 13.1. The third-order valence-corrected chi connectivity index (χ3v) is 3.82. The molecule has 0 fully saturated rings. The van der Waals surface area contributed by atoms with Gasteiger partial charge in [0.25, 0.3) is 5.91 Å². The summed E-state index contributed by atoms with van der Waals surface area (Å²) in [5.41, 5.74) is 1.71. The van der Waals surface area contributed by atoms with Gasteiger partial charge in [-0.25, -0.2) is 0 Å². The molecule has 0 aromatic heterocycles. The van der Waals surface area contributed by atoms with Crippen LogP contribution in [-0.2, 0) is 0 Å². The number of carbonyl (C=O) groups is 1. The summed E-state index contributed by atoms with van der Waals surface area (Å²) in [5.74, 6) is 2.37. The fraction of sp³-hybridized carbons (Fsp3) is 0.316. The van der Waals surface area contributed by atoms with E-state index in [4.69, 9.17) is 14.2 Å². The third-order valence-electron chi connectivity index (χ3n) is 3.82. The number of fused-ring (bicyclic) bond motifs is 1. The van der Waals surface area contributed by atoms with Crippen LogP contribution in [0.2, 0.25) is 0 Å². The molecule has 5 heteroatoms. The van der Waals surface area contributed by atoms with E-state index in [0.29, 0.717) is 36.1 Å². The zero-order valence-electron chi connectivity index (χ0n) is 13.9. The summed E-state index contributed by atoms with van der Waals surface area (Å²) in [7, 11) is 0. The van der Waals surface area contributed by atoms with Crippen molar-refractivity contribution in [2.24, 2.45) is 0 Å². The quantitative estimate of drug-likeness (QED) is 0.827. The van der Waals surface area contributed by atoms with Gasteiger partial charge in [0.15, 0.2) is 11.5 Å². The van der Waals surface area contributed by atoms with E-state index in [1.807, 2.05) is 18.2 Å². The van der Waals surface area contributed by atoms with Crippen LogP contribution >= 0.6 is 0 Å². The van der Waals surface area contributed by atoms with Crippen LogP contribution in [0.25, 0.3) is 0 Å². The molecule has 5 nitrogen and oxygen atoms in total. The molecule has 0 radical (unpaired) electrons. The average molecular weight is 327 g/mol. The van der Waals surface area contributed by atoms with Crippen LogP contribution < -0.4 is 19.5 Å². The number of ether oxygens (including phenoxy) is 3. The smallest absolute Gasteiger partial charge is 0.251 e. The minimum atomic E-state index is -0.158. The van der Waals surface area contributed by atoms with Crippen molar-refractivity contribution in [3.05, 3.63) is 53.6 Å². The van der Waals surface area contributed by atoms with Crippen LogP contribution in [0.15, 0.2) is 42.5 Å². The molecule has 0 atom stereocenters. The highest BCUT2D eigenvalue weighted by atomic mass is 16.7. The lowest BCUT2D eigenvalue weighted by Crippen LogP contribution is -2.28. The molecule has 3 rings (SSSR count). The molecule has 2 aromatic rings. The highest BCUT2D eigenvalue weighted by Gasteiger charge is 2.16. The Morgan fingerprint density at radius 3 is 2.79 bits per heavy atom. The van der Waals surface area contributed by atoms with Crippen molar-refractivity contribution in [2.45, 2.75) is 19.8 Å². The minimum Gasteiger partial charge on any atom is -0.491 e. The molecule has 0 bridgehead atoms. The van der Waals surface area contributed by atoms with Gasteiger partial charge in [-0.3, -0.25) is 4.79 Å². The summed E-state index contributed by atoms with van der Waals surface area (Å²) in [6.07, 6.45) is 0. The number of benzene rings is 2. The van der Waals surface area contributed by atoms with Crippen molar-refractivity contribution in [3.63, 3.8) is 0 Å². The molecular formula is C19H21NO4. The molecule has 1 aliphatic heterocycles. The molecule has 0 spiro atoms. The Balaban J connectivity index is 1.51. The second kappa shape index (κ2) is 7.25. The van der Waals surface area contributed by atoms with E-state index in [9.17, 15) is 4.79 Å². The first-order chi connectivity index (χ1) is 11.6. The number of amides is 1. The second-order valence-corrected chi connectivity index (χ2v) is 5.86. The average Bonchev–Trinajstić information content (AvgIpc) is 3.06. The number of nitrogens with one attached hydrogen (secondary N) is 1. The van der Waals surface area contributed by atoms with E-state index >= 15 is 0 Å². The first-order valence-electron chi connectivity index (χ1n) is 8.04. The summed E-state index contributed by atoms with van der Waals surface area (Å²) in [5, 5.41) is 2.85. The van der Waals surface area contributed by atoms with Crippen molar-refractivity contribution in [3.8, 4) is 17.2 Å². The largest absolute Gasteiger partial charge is 0.491 e. The minimum absolute atomic E-state index is 0.158. The Morgan fingerprint density at radius 1 is 1.17 bits per heavy atom. The molecule has 24 heavy (non-hydrogen) atoms. The van der Waals surface area contributed by atoms with E-state index in [1.165, 1.54) is 5.56 Å². The number of hydrogen-bond acceptors (Lipinski definition) is 4. The normalized spacial score (nSPS) is 12.3. The van der Waals surface area contributed by atoms with Gasteiger partial charge in [0.2, 0.25) is 6.79 Å². The number of carbonyl (C=O) groups excluding carboxylic acids is 1. The lowest BCUT2D eigenvalue weighted by molar-refractivity contribution is 0.0946. The van der Waals surface area contributed by atoms with Gasteiger partial charge in [0, 0.05) is 5.56 Å². The maximum absolute atomic E-state index is 12.2. The summed E-state index contributed by atoms with van der Waals surface area (Å²) < 4.78 is 16.3. The molecule has 0 unspecified atom stereocenters. The van der Waals surface area contributed by atoms with Crippen molar-refractivity contribution in [1.29, 1.82) is 0 Å². The molecule has 0 aliphatic carbocycles. The Labute approximate surface area is 141 Å². The van der Waals surface area contributed by atoms with Gasteiger partial charge >= 0.3 is 0 Å². The van der Waals surface area contributed by atoms with Crippen LogP contribution in [0.5, 0.6) is 17.2 Å². The van der Waals surface area contributed by atoms with E-state index in [1.54, 1.807) is 18.2 Å². The van der Waals surface area contributed by atoms with Crippen molar-refractivity contribution >= 4 is 5.91 Å². The zero-order chi connectivity index (χ0) is 16.9. The third kappa shape index (κ3) is 3.62. The van der Waals surface area contributed by atoms with E-state index in [-0.39, 0.29) is 12.7 Å². The number of para-hydroxylation sites is 1. The predicted octanol–water partition coefficient (Wildman–Crippen LogP) is 3.35. The molecule has 1 aliphatic rings. The van der Waals surface area contributed by atoms with Gasteiger partial charge in [-0.15, -0.1) is 0 Å². The van der Waals surface area contributed by atoms with Crippen molar-refractivity contribution in [2.75, 3.05) is 19.9 Å².